The molecule has 6 aromatic carbocycles. The molecule has 0 bridgehead atoms. The molecule has 13 nitrogen and oxygen atoms in total. The first kappa shape index (κ1) is 41.4. The number of carbonyl (C=O) groups excluding carboxylic acids is 3. The van der Waals surface area contributed by atoms with Crippen molar-refractivity contribution in [2.45, 2.75) is 30.1 Å². The number of hydrogen-bond acceptors (Lipinski definition) is 11. The monoisotopic (exact) mass is 851 g/mol. The summed E-state index contributed by atoms with van der Waals surface area (Å²) in [6, 6.07) is 52.9. The van der Waals surface area contributed by atoms with Crippen molar-refractivity contribution in [3.8, 4) is 5.75 Å². The zero-order valence-electron chi connectivity index (χ0n) is 34.5. The molecule has 3 heterocycles. The van der Waals surface area contributed by atoms with Crippen LogP contribution in [0.1, 0.15) is 54.0 Å². The predicted octanol–water partition coefficient (Wildman–Crippen LogP) is 8.44. The standard InChI is InChI=1S/C51H41N5O8/c1-60-40-29-27-39(28-30-40)51(37-23-13-5-14-24-37,38-25-15-6-16-26-38)61-31-41-43(63-49(58)35-19-9-3-10-20-35)44(64-50(59)36-21-11-4-12-22-36)48(62-41)56-33-54-42-45(52-32-53-46(42)56)55-47(57)34-17-7-2-8-18-34/h2-30,32-33,41,43-44,48H,31H2,1H3,(H,52,53,55,57)/t41-,43+,44-,48-/m1/s1. The fourth-order valence-electron chi connectivity index (χ4n) is 7.89. The molecule has 1 aliphatic heterocycles. The van der Waals surface area contributed by atoms with Crippen molar-refractivity contribution in [1.82, 2.24) is 19.5 Å². The molecule has 1 fully saturated rings. The lowest BCUT2D eigenvalue weighted by atomic mass is 9.80. The molecule has 0 unspecified atom stereocenters. The van der Waals surface area contributed by atoms with Gasteiger partial charge in [0.2, 0.25) is 0 Å². The third kappa shape index (κ3) is 8.32. The maximum atomic E-state index is 14.1. The quantitative estimate of drug-likeness (QED) is 0.0829. The maximum Gasteiger partial charge on any atom is 0.338 e. The van der Waals surface area contributed by atoms with Gasteiger partial charge >= 0.3 is 11.9 Å². The summed E-state index contributed by atoms with van der Waals surface area (Å²) in [6.45, 7) is -0.182. The van der Waals surface area contributed by atoms with Crippen LogP contribution in [0.5, 0.6) is 5.75 Å². The van der Waals surface area contributed by atoms with E-state index >= 15 is 0 Å². The summed E-state index contributed by atoms with van der Waals surface area (Å²) in [5, 5.41) is 2.83. The van der Waals surface area contributed by atoms with E-state index in [1.807, 2.05) is 91.0 Å². The van der Waals surface area contributed by atoms with Gasteiger partial charge in [0.05, 0.1) is 31.2 Å². The number of ether oxygens (including phenoxy) is 5. The minimum absolute atomic E-state index is 0.148. The van der Waals surface area contributed by atoms with Gasteiger partial charge < -0.3 is 29.0 Å². The lowest BCUT2D eigenvalue weighted by Gasteiger charge is -2.37. The van der Waals surface area contributed by atoms with Gasteiger partial charge in [-0.25, -0.2) is 24.5 Å². The van der Waals surface area contributed by atoms with Crippen molar-refractivity contribution in [1.29, 1.82) is 0 Å². The lowest BCUT2D eigenvalue weighted by Crippen LogP contribution is -2.43. The summed E-state index contributed by atoms with van der Waals surface area (Å²) < 4.78 is 34.0. The van der Waals surface area contributed by atoms with E-state index in [1.54, 1.807) is 96.6 Å². The van der Waals surface area contributed by atoms with Crippen LogP contribution in [0.15, 0.2) is 189 Å². The molecule has 1 amide bonds. The first-order chi connectivity index (χ1) is 31.4. The molecule has 2 aromatic heterocycles. The smallest absolute Gasteiger partial charge is 0.338 e. The molecule has 0 radical (unpaired) electrons. The molecule has 4 atom stereocenters. The molecular formula is C51H41N5O8. The number of amides is 1. The van der Waals surface area contributed by atoms with Crippen LogP contribution in [0.3, 0.4) is 0 Å². The first-order valence-corrected chi connectivity index (χ1v) is 20.5. The minimum Gasteiger partial charge on any atom is -0.497 e. The van der Waals surface area contributed by atoms with Crippen molar-refractivity contribution in [2.24, 2.45) is 0 Å². The molecule has 0 spiro atoms. The average molecular weight is 852 g/mol. The Bertz CT molecular complexity index is 2810. The number of fused-ring (bicyclic) bond motifs is 1. The second-order valence-corrected chi connectivity index (χ2v) is 14.9. The lowest BCUT2D eigenvalue weighted by molar-refractivity contribution is -0.0961. The molecule has 1 N–H and O–H groups in total. The van der Waals surface area contributed by atoms with E-state index in [1.165, 1.54) is 12.7 Å². The number of aromatic nitrogens is 4. The van der Waals surface area contributed by atoms with Gasteiger partial charge in [-0.3, -0.25) is 9.36 Å². The summed E-state index contributed by atoms with van der Waals surface area (Å²) in [5.74, 6) is -0.940. The van der Waals surface area contributed by atoms with Crippen molar-refractivity contribution in [3.05, 3.63) is 222 Å². The van der Waals surface area contributed by atoms with E-state index in [-0.39, 0.29) is 34.7 Å². The number of nitrogens with zero attached hydrogens (tertiary/aromatic N) is 4. The van der Waals surface area contributed by atoms with Gasteiger partial charge in [0.15, 0.2) is 35.4 Å². The zero-order valence-corrected chi connectivity index (χ0v) is 34.5. The highest BCUT2D eigenvalue weighted by Gasteiger charge is 2.52. The van der Waals surface area contributed by atoms with Gasteiger partial charge in [-0.2, -0.15) is 0 Å². The van der Waals surface area contributed by atoms with Crippen molar-refractivity contribution in [2.75, 3.05) is 19.0 Å². The van der Waals surface area contributed by atoms with E-state index in [9.17, 15) is 14.4 Å². The van der Waals surface area contributed by atoms with Crippen molar-refractivity contribution in [3.63, 3.8) is 0 Å². The van der Waals surface area contributed by atoms with E-state index in [0.29, 0.717) is 11.3 Å². The summed E-state index contributed by atoms with van der Waals surface area (Å²) in [5.41, 5.74) is 2.63. The molecule has 318 valence electrons. The zero-order chi connectivity index (χ0) is 43.9. The summed E-state index contributed by atoms with van der Waals surface area (Å²) in [6.07, 6.45) is -2.03. The second kappa shape index (κ2) is 18.5. The Morgan fingerprint density at radius 2 is 1.11 bits per heavy atom. The Kier molecular flexibility index (Phi) is 12.0. The summed E-state index contributed by atoms with van der Waals surface area (Å²) in [4.78, 5) is 54.9. The number of imidazole rings is 1. The first-order valence-electron chi connectivity index (χ1n) is 20.5. The number of carbonyl (C=O) groups is 3. The van der Waals surface area contributed by atoms with Crippen molar-refractivity contribution < 1.29 is 38.1 Å². The van der Waals surface area contributed by atoms with Crippen LogP contribution >= 0.6 is 0 Å². The van der Waals surface area contributed by atoms with E-state index in [2.05, 4.69) is 20.3 Å². The largest absolute Gasteiger partial charge is 0.497 e. The van der Waals surface area contributed by atoms with Gasteiger partial charge in [0.25, 0.3) is 5.91 Å². The van der Waals surface area contributed by atoms with E-state index < -0.39 is 48.0 Å². The van der Waals surface area contributed by atoms with Crippen LogP contribution in [0, 0.1) is 0 Å². The molecule has 1 aliphatic rings. The number of anilines is 1. The fraction of sp³-hybridized carbons (Fsp3) is 0.137. The molecule has 9 rings (SSSR count). The minimum atomic E-state index is -1.28. The van der Waals surface area contributed by atoms with Crippen LogP contribution in [-0.2, 0) is 24.5 Å². The predicted molar refractivity (Wildman–Crippen MR) is 237 cm³/mol. The SMILES string of the molecule is COc1ccc(C(OC[C@H]2O[C@@H](n3cnc4c(NC(=O)c5ccccc5)ncnc43)[C@H](OC(=O)c3ccccc3)[C@H]2OC(=O)c2ccccc2)(c2ccccc2)c2ccccc2)cc1. The number of methoxy groups -OCH3 is 1. The molecule has 64 heavy (non-hydrogen) atoms. The Balaban J connectivity index is 1.15. The molecule has 0 aliphatic carbocycles. The topological polar surface area (TPSA) is 153 Å². The van der Waals surface area contributed by atoms with Gasteiger partial charge in [0.1, 0.15) is 23.8 Å². The third-order valence-corrected chi connectivity index (χ3v) is 11.0. The highest BCUT2D eigenvalue weighted by atomic mass is 16.7. The van der Waals surface area contributed by atoms with Gasteiger partial charge in [-0.15, -0.1) is 0 Å². The Hall–Kier alpha value is -8.00. The average Bonchev–Trinajstić information content (AvgIpc) is 3.94. The van der Waals surface area contributed by atoms with Gasteiger partial charge in [0, 0.05) is 5.56 Å². The van der Waals surface area contributed by atoms with E-state index in [4.69, 9.17) is 23.7 Å². The highest BCUT2D eigenvalue weighted by molar-refractivity contribution is 6.06. The number of nitrogens with one attached hydrogen (secondary N) is 1. The van der Waals surface area contributed by atoms with Crippen LogP contribution in [-0.4, -0.2) is 69.4 Å². The van der Waals surface area contributed by atoms with Crippen LogP contribution in [0.4, 0.5) is 5.82 Å². The van der Waals surface area contributed by atoms with Crippen LogP contribution < -0.4 is 10.1 Å². The van der Waals surface area contributed by atoms with Gasteiger partial charge in [-0.05, 0) is 65.2 Å². The van der Waals surface area contributed by atoms with Gasteiger partial charge in [-0.1, -0.05) is 127 Å². The van der Waals surface area contributed by atoms with Crippen LogP contribution in [0.25, 0.3) is 11.2 Å². The second-order valence-electron chi connectivity index (χ2n) is 14.9. The Morgan fingerprint density at radius 1 is 0.609 bits per heavy atom. The third-order valence-electron chi connectivity index (χ3n) is 11.0. The number of esters is 2. The molecular weight excluding hydrogens is 811 g/mol. The molecule has 1 saturated heterocycles. The molecule has 8 aromatic rings. The normalized spacial score (nSPS) is 17.1. The van der Waals surface area contributed by atoms with E-state index in [0.717, 1.165) is 16.7 Å². The highest BCUT2D eigenvalue weighted by Crippen LogP contribution is 2.43. The number of rotatable bonds is 14. The Morgan fingerprint density at radius 3 is 1.66 bits per heavy atom. The summed E-state index contributed by atoms with van der Waals surface area (Å²) >= 11 is 0. The van der Waals surface area contributed by atoms with Crippen molar-refractivity contribution >= 4 is 34.8 Å². The van der Waals surface area contributed by atoms with Crippen LogP contribution in [0.2, 0.25) is 0 Å². The fourth-order valence-corrected chi connectivity index (χ4v) is 7.89. The molecule has 13 heteroatoms. The number of hydrogen-bond donors (Lipinski definition) is 1. The number of benzene rings is 6. The summed E-state index contributed by atoms with van der Waals surface area (Å²) in [7, 11) is 1.61. The Labute approximate surface area is 368 Å². The maximum absolute atomic E-state index is 14.1. The molecule has 0 saturated carbocycles.